The number of rotatable bonds is 7. The second-order valence-electron chi connectivity index (χ2n) is 4.67. The Morgan fingerprint density at radius 1 is 1.19 bits per heavy atom. The van der Waals surface area contributed by atoms with Crippen molar-refractivity contribution in [2.24, 2.45) is 0 Å². The topological polar surface area (TPSA) is 47.0 Å². The van der Waals surface area contributed by atoms with Crippen LogP contribution in [0.1, 0.15) is 31.4 Å². The van der Waals surface area contributed by atoms with E-state index < -0.39 is 0 Å². The number of hydrogen-bond donors (Lipinski definition) is 1. The lowest BCUT2D eigenvalue weighted by molar-refractivity contribution is 0.284. The van der Waals surface area contributed by atoms with E-state index >= 15 is 0 Å². The minimum absolute atomic E-state index is 0.159. The largest absolute Gasteiger partial charge is 0.472 e. The summed E-state index contributed by atoms with van der Waals surface area (Å²) in [6.45, 7) is 5.04. The summed E-state index contributed by atoms with van der Waals surface area (Å²) in [4.78, 5) is 8.43. The van der Waals surface area contributed by atoms with Gasteiger partial charge in [0, 0.05) is 12.1 Å². The molecule has 0 saturated heterocycles. The second-order valence-corrected chi connectivity index (χ2v) is 4.67. The summed E-state index contributed by atoms with van der Waals surface area (Å²) in [5.41, 5.74) is 1.46. The Labute approximate surface area is 124 Å². The van der Waals surface area contributed by atoms with Gasteiger partial charge in [0.15, 0.2) is 0 Å². The predicted octanol–water partition coefficient (Wildman–Crippen LogP) is 3.58. The zero-order valence-electron chi connectivity index (χ0n) is 12.4. The predicted molar refractivity (Wildman–Crippen MR) is 80.9 cm³/mol. The van der Waals surface area contributed by atoms with E-state index in [4.69, 9.17) is 4.74 Å². The first kappa shape index (κ1) is 15.2. The lowest BCUT2D eigenvalue weighted by Crippen LogP contribution is -2.08. The minimum Gasteiger partial charge on any atom is -0.472 e. The van der Waals surface area contributed by atoms with Crippen LogP contribution in [0.5, 0.6) is 5.88 Å². The van der Waals surface area contributed by atoms with E-state index in [2.05, 4.69) is 22.2 Å². The summed E-state index contributed by atoms with van der Waals surface area (Å²) in [6, 6.07) is 6.59. The van der Waals surface area contributed by atoms with Crippen LogP contribution in [0, 0.1) is 5.82 Å². The normalized spacial score (nSPS) is 10.4. The zero-order chi connectivity index (χ0) is 15.1. The van der Waals surface area contributed by atoms with Gasteiger partial charge in [-0.05, 0) is 19.4 Å². The van der Waals surface area contributed by atoms with Crippen molar-refractivity contribution in [3.8, 4) is 5.88 Å². The van der Waals surface area contributed by atoms with E-state index in [-0.39, 0.29) is 12.4 Å². The van der Waals surface area contributed by atoms with Gasteiger partial charge in [0.1, 0.15) is 24.6 Å². The fourth-order valence-corrected chi connectivity index (χ4v) is 2.08. The number of ether oxygens (including phenoxy) is 1. The summed E-state index contributed by atoms with van der Waals surface area (Å²) in [5.74, 6) is 1.04. The molecule has 5 heteroatoms. The molecule has 4 nitrogen and oxygen atoms in total. The van der Waals surface area contributed by atoms with Gasteiger partial charge in [-0.25, -0.2) is 14.4 Å². The third-order valence-corrected chi connectivity index (χ3v) is 3.07. The summed E-state index contributed by atoms with van der Waals surface area (Å²) < 4.78 is 19.3. The molecule has 1 heterocycles. The fraction of sp³-hybridized carbons (Fsp3) is 0.375. The molecule has 0 fully saturated rings. The smallest absolute Gasteiger partial charge is 0.222 e. The van der Waals surface area contributed by atoms with E-state index in [1.54, 1.807) is 18.2 Å². The Balaban J connectivity index is 2.19. The van der Waals surface area contributed by atoms with Gasteiger partial charge in [0.2, 0.25) is 5.88 Å². The molecule has 1 aromatic heterocycles. The molecule has 0 saturated carbocycles. The van der Waals surface area contributed by atoms with E-state index in [9.17, 15) is 4.39 Å². The molecule has 21 heavy (non-hydrogen) atoms. The number of hydrogen-bond acceptors (Lipinski definition) is 4. The molecule has 112 valence electrons. The maximum atomic E-state index is 13.6. The molecule has 0 atom stereocenters. The third kappa shape index (κ3) is 3.90. The van der Waals surface area contributed by atoms with Gasteiger partial charge < -0.3 is 10.1 Å². The van der Waals surface area contributed by atoms with Crippen LogP contribution in [0.2, 0.25) is 0 Å². The van der Waals surface area contributed by atoms with Gasteiger partial charge in [-0.3, -0.25) is 0 Å². The Morgan fingerprint density at radius 2 is 2.00 bits per heavy atom. The SMILES string of the molecule is CCCc1c(NCC)ncnc1OCc1ccccc1F. The minimum atomic E-state index is -0.268. The molecule has 0 bridgehead atoms. The van der Waals surface area contributed by atoms with Crippen molar-refractivity contribution in [3.63, 3.8) is 0 Å². The Kier molecular flexibility index (Phi) is 5.49. The highest BCUT2D eigenvalue weighted by atomic mass is 19.1. The first-order valence-electron chi connectivity index (χ1n) is 7.20. The Morgan fingerprint density at radius 3 is 2.71 bits per heavy atom. The van der Waals surface area contributed by atoms with Crippen molar-refractivity contribution in [3.05, 3.63) is 47.5 Å². The van der Waals surface area contributed by atoms with Crippen LogP contribution in [0.3, 0.4) is 0 Å². The molecule has 0 spiro atoms. The first-order valence-corrected chi connectivity index (χ1v) is 7.20. The van der Waals surface area contributed by atoms with Crippen LogP contribution in [0.4, 0.5) is 10.2 Å². The highest BCUT2D eigenvalue weighted by molar-refractivity contribution is 5.48. The third-order valence-electron chi connectivity index (χ3n) is 3.07. The number of halogens is 1. The lowest BCUT2D eigenvalue weighted by Gasteiger charge is -2.14. The molecule has 2 rings (SSSR count). The lowest BCUT2D eigenvalue weighted by atomic mass is 10.1. The number of benzene rings is 1. The monoisotopic (exact) mass is 289 g/mol. The highest BCUT2D eigenvalue weighted by Gasteiger charge is 2.12. The number of nitrogens with zero attached hydrogens (tertiary/aromatic N) is 2. The van der Waals surface area contributed by atoms with Gasteiger partial charge >= 0.3 is 0 Å². The molecule has 0 unspecified atom stereocenters. The fourth-order valence-electron chi connectivity index (χ4n) is 2.08. The summed E-state index contributed by atoms with van der Waals surface area (Å²) in [5, 5.41) is 3.21. The quantitative estimate of drug-likeness (QED) is 0.846. The van der Waals surface area contributed by atoms with Crippen LogP contribution in [-0.2, 0) is 13.0 Å². The molecule has 1 aromatic carbocycles. The average molecular weight is 289 g/mol. The molecular weight excluding hydrogens is 269 g/mol. The van der Waals surface area contributed by atoms with Crippen molar-refractivity contribution in [1.29, 1.82) is 0 Å². The average Bonchev–Trinajstić information content (AvgIpc) is 2.49. The molecule has 0 amide bonds. The van der Waals surface area contributed by atoms with Crippen molar-refractivity contribution in [2.75, 3.05) is 11.9 Å². The Bertz CT molecular complexity index is 589. The van der Waals surface area contributed by atoms with E-state index in [0.29, 0.717) is 11.4 Å². The summed E-state index contributed by atoms with van der Waals surface area (Å²) in [6.07, 6.45) is 3.24. The Hall–Kier alpha value is -2.17. The number of anilines is 1. The standard InChI is InChI=1S/C16H20FN3O/c1-3-7-13-15(18-4-2)19-11-20-16(13)21-10-12-8-5-6-9-14(12)17/h5-6,8-9,11H,3-4,7,10H2,1-2H3,(H,18,19,20). The van der Waals surface area contributed by atoms with Crippen LogP contribution < -0.4 is 10.1 Å². The van der Waals surface area contributed by atoms with E-state index in [0.717, 1.165) is 30.8 Å². The van der Waals surface area contributed by atoms with Gasteiger partial charge in [0.05, 0.1) is 5.56 Å². The van der Waals surface area contributed by atoms with Crippen molar-refractivity contribution < 1.29 is 9.13 Å². The molecule has 0 aliphatic heterocycles. The highest BCUT2D eigenvalue weighted by Crippen LogP contribution is 2.24. The van der Waals surface area contributed by atoms with Gasteiger partial charge in [-0.2, -0.15) is 0 Å². The maximum absolute atomic E-state index is 13.6. The number of aromatic nitrogens is 2. The van der Waals surface area contributed by atoms with Crippen molar-refractivity contribution >= 4 is 5.82 Å². The summed E-state index contributed by atoms with van der Waals surface area (Å²) >= 11 is 0. The van der Waals surface area contributed by atoms with E-state index in [1.807, 2.05) is 6.92 Å². The maximum Gasteiger partial charge on any atom is 0.222 e. The summed E-state index contributed by atoms with van der Waals surface area (Å²) in [7, 11) is 0. The number of nitrogens with one attached hydrogen (secondary N) is 1. The van der Waals surface area contributed by atoms with Crippen LogP contribution in [0.25, 0.3) is 0 Å². The van der Waals surface area contributed by atoms with Crippen LogP contribution in [-0.4, -0.2) is 16.5 Å². The van der Waals surface area contributed by atoms with Gasteiger partial charge in [-0.15, -0.1) is 0 Å². The van der Waals surface area contributed by atoms with Gasteiger partial charge in [0.25, 0.3) is 0 Å². The van der Waals surface area contributed by atoms with Crippen LogP contribution >= 0.6 is 0 Å². The molecule has 1 N–H and O–H groups in total. The molecule has 0 radical (unpaired) electrons. The second kappa shape index (κ2) is 7.57. The molecular formula is C16H20FN3O. The van der Waals surface area contributed by atoms with E-state index in [1.165, 1.54) is 12.4 Å². The van der Waals surface area contributed by atoms with Gasteiger partial charge in [-0.1, -0.05) is 31.5 Å². The first-order chi connectivity index (χ1) is 10.3. The van der Waals surface area contributed by atoms with Crippen LogP contribution in [0.15, 0.2) is 30.6 Å². The van der Waals surface area contributed by atoms with Crippen molar-refractivity contribution in [1.82, 2.24) is 9.97 Å². The van der Waals surface area contributed by atoms with Crippen molar-refractivity contribution in [2.45, 2.75) is 33.3 Å². The molecule has 0 aliphatic carbocycles. The molecule has 0 aliphatic rings. The zero-order valence-corrected chi connectivity index (χ0v) is 12.4. The molecule has 2 aromatic rings.